The molecule has 1 fully saturated rings. The van der Waals surface area contributed by atoms with Crippen LogP contribution in [0.25, 0.3) is 17.4 Å². The smallest absolute Gasteiger partial charge is 0.343 e. The van der Waals surface area contributed by atoms with Crippen LogP contribution in [0.4, 0.5) is 16.2 Å². The molecule has 1 saturated heterocycles. The lowest BCUT2D eigenvalue weighted by molar-refractivity contribution is -0.121. The van der Waals surface area contributed by atoms with Gasteiger partial charge in [0.2, 0.25) is 0 Å². The van der Waals surface area contributed by atoms with Crippen LogP contribution in [0.3, 0.4) is 0 Å². The molecule has 0 aliphatic carbocycles. The molecule has 1 aromatic heterocycles. The van der Waals surface area contributed by atoms with E-state index >= 15 is 0 Å². The zero-order valence-electron chi connectivity index (χ0n) is 19.6. The van der Waals surface area contributed by atoms with Crippen molar-refractivity contribution in [1.29, 1.82) is 0 Å². The van der Waals surface area contributed by atoms with Crippen molar-refractivity contribution in [3.05, 3.63) is 113 Å². The van der Waals surface area contributed by atoms with E-state index in [0.29, 0.717) is 28.3 Å². The van der Waals surface area contributed by atoms with Crippen LogP contribution in [0.15, 0.2) is 101 Å². The minimum absolute atomic E-state index is 0.141. The zero-order chi connectivity index (χ0) is 26.1. The summed E-state index contributed by atoms with van der Waals surface area (Å²) in [6.45, 7) is 1.70. The number of furan rings is 1. The van der Waals surface area contributed by atoms with E-state index in [9.17, 15) is 24.3 Å². The lowest BCUT2D eigenvalue weighted by Gasteiger charge is -2.33. The van der Waals surface area contributed by atoms with E-state index in [0.717, 1.165) is 9.80 Å². The summed E-state index contributed by atoms with van der Waals surface area (Å²) >= 11 is 0. The number of rotatable bonds is 5. The molecule has 2 heterocycles. The molecule has 1 aliphatic heterocycles. The minimum atomic E-state index is -1.06. The van der Waals surface area contributed by atoms with Gasteiger partial charge in [-0.3, -0.25) is 9.59 Å². The predicted octanol–water partition coefficient (Wildman–Crippen LogP) is 5.54. The number of anilines is 2. The highest BCUT2D eigenvalue weighted by Crippen LogP contribution is 2.31. The summed E-state index contributed by atoms with van der Waals surface area (Å²) in [5.74, 6) is -2.07. The van der Waals surface area contributed by atoms with E-state index in [1.807, 2.05) is 0 Å². The fourth-order valence-electron chi connectivity index (χ4n) is 4.07. The number of benzene rings is 3. The van der Waals surface area contributed by atoms with Gasteiger partial charge in [-0.2, -0.15) is 0 Å². The first-order valence-electron chi connectivity index (χ1n) is 11.3. The number of imide groups is 2. The first kappa shape index (κ1) is 23.5. The third-order valence-electron chi connectivity index (χ3n) is 5.94. The highest BCUT2D eigenvalue weighted by Gasteiger charge is 2.43. The number of hydrogen-bond donors (Lipinski definition) is 1. The third kappa shape index (κ3) is 4.32. The number of nitrogens with zero attached hydrogens (tertiary/aromatic N) is 2. The van der Waals surface area contributed by atoms with Gasteiger partial charge in [-0.05, 0) is 61.0 Å². The number of aryl methyl sites for hydroxylation is 1. The maximum atomic E-state index is 13.4. The Morgan fingerprint density at radius 3 is 1.89 bits per heavy atom. The van der Waals surface area contributed by atoms with E-state index in [1.165, 1.54) is 12.1 Å². The summed E-state index contributed by atoms with van der Waals surface area (Å²) in [6.07, 6.45) is 1.29. The summed E-state index contributed by atoms with van der Waals surface area (Å²) < 4.78 is 5.86. The lowest BCUT2D eigenvalue weighted by atomic mass is 10.0. The van der Waals surface area contributed by atoms with Crippen molar-refractivity contribution in [1.82, 2.24) is 0 Å². The van der Waals surface area contributed by atoms with Crippen LogP contribution >= 0.6 is 0 Å². The van der Waals surface area contributed by atoms with Crippen molar-refractivity contribution in [2.45, 2.75) is 6.92 Å². The number of barbiturate groups is 1. The van der Waals surface area contributed by atoms with Gasteiger partial charge in [0.15, 0.2) is 0 Å². The second kappa shape index (κ2) is 9.43. The van der Waals surface area contributed by atoms with Gasteiger partial charge >= 0.3 is 12.0 Å². The first-order valence-corrected chi connectivity index (χ1v) is 11.3. The summed E-state index contributed by atoms with van der Waals surface area (Å²) in [6, 6.07) is 24.0. The maximum Gasteiger partial charge on any atom is 0.343 e. The first-order chi connectivity index (χ1) is 17.8. The molecule has 5 rings (SSSR count). The van der Waals surface area contributed by atoms with Crippen molar-refractivity contribution in [3.63, 3.8) is 0 Å². The Morgan fingerprint density at radius 1 is 0.784 bits per heavy atom. The standard InChI is InChI=1S/C29H20N2O6/c1-18-12-13-19(16-23(18)28(34)35)25-15-14-22(37-25)17-24-26(32)30(20-8-4-2-5-9-20)29(36)31(27(24)33)21-10-6-3-7-11-21/h2-17H,1H3,(H,34,35). The summed E-state index contributed by atoms with van der Waals surface area (Å²) in [5.41, 5.74) is 1.65. The van der Waals surface area contributed by atoms with Crippen LogP contribution in [0, 0.1) is 6.92 Å². The molecule has 0 spiro atoms. The number of carbonyl (C=O) groups is 4. The van der Waals surface area contributed by atoms with Crippen molar-refractivity contribution >= 4 is 41.3 Å². The van der Waals surface area contributed by atoms with Gasteiger partial charge in [-0.1, -0.05) is 48.5 Å². The molecule has 1 aliphatic rings. The van der Waals surface area contributed by atoms with Crippen molar-refractivity contribution < 1.29 is 28.7 Å². The average Bonchev–Trinajstić information content (AvgIpc) is 3.37. The second-order valence-corrected chi connectivity index (χ2v) is 8.33. The molecule has 0 radical (unpaired) electrons. The van der Waals surface area contributed by atoms with Gasteiger partial charge in [0.05, 0.1) is 16.9 Å². The molecule has 182 valence electrons. The molecule has 37 heavy (non-hydrogen) atoms. The Morgan fingerprint density at radius 2 is 1.35 bits per heavy atom. The number of urea groups is 1. The number of carbonyl (C=O) groups excluding carboxylic acids is 3. The van der Waals surface area contributed by atoms with Crippen molar-refractivity contribution in [2.24, 2.45) is 0 Å². The SMILES string of the molecule is Cc1ccc(-c2ccc(C=C3C(=O)N(c4ccccc4)C(=O)N(c4ccccc4)C3=O)o2)cc1C(=O)O. The number of amides is 4. The van der Waals surface area contributed by atoms with Crippen LogP contribution in [0.1, 0.15) is 21.7 Å². The molecule has 8 nitrogen and oxygen atoms in total. The quantitative estimate of drug-likeness (QED) is 0.290. The number of carboxylic acid groups (broad SMARTS) is 1. The Kier molecular flexibility index (Phi) is 5.99. The lowest BCUT2D eigenvalue weighted by Crippen LogP contribution is -2.57. The van der Waals surface area contributed by atoms with E-state index in [2.05, 4.69) is 0 Å². The summed E-state index contributed by atoms with van der Waals surface area (Å²) in [4.78, 5) is 53.7. The molecule has 4 amide bonds. The minimum Gasteiger partial charge on any atom is -0.478 e. The molecule has 8 heteroatoms. The molecule has 4 aromatic rings. The predicted molar refractivity (Wildman–Crippen MR) is 137 cm³/mol. The van der Waals surface area contributed by atoms with Gasteiger partial charge in [-0.15, -0.1) is 0 Å². The van der Waals surface area contributed by atoms with Gasteiger partial charge in [0, 0.05) is 5.56 Å². The fraction of sp³-hybridized carbons (Fsp3) is 0.0345. The number of para-hydroxylation sites is 2. The third-order valence-corrected chi connectivity index (χ3v) is 5.94. The van der Waals surface area contributed by atoms with Crippen LogP contribution in [0.5, 0.6) is 0 Å². The normalized spacial score (nSPS) is 13.8. The second-order valence-electron chi connectivity index (χ2n) is 8.33. The molecule has 0 unspecified atom stereocenters. The van der Waals surface area contributed by atoms with E-state index in [1.54, 1.807) is 91.9 Å². The van der Waals surface area contributed by atoms with Crippen LogP contribution < -0.4 is 9.80 Å². The Labute approximate surface area is 211 Å². The van der Waals surface area contributed by atoms with Gasteiger partial charge < -0.3 is 9.52 Å². The Bertz CT molecular complexity index is 1510. The largest absolute Gasteiger partial charge is 0.478 e. The van der Waals surface area contributed by atoms with Crippen LogP contribution in [-0.2, 0) is 9.59 Å². The average molecular weight is 492 g/mol. The molecule has 3 aromatic carbocycles. The number of aromatic carboxylic acids is 1. The number of hydrogen-bond acceptors (Lipinski definition) is 5. The van der Waals surface area contributed by atoms with Crippen LogP contribution in [0.2, 0.25) is 0 Å². The zero-order valence-corrected chi connectivity index (χ0v) is 19.6. The van der Waals surface area contributed by atoms with Crippen LogP contribution in [-0.4, -0.2) is 28.9 Å². The van der Waals surface area contributed by atoms with E-state index < -0.39 is 23.8 Å². The molecule has 1 N–H and O–H groups in total. The molecular weight excluding hydrogens is 472 g/mol. The highest BCUT2D eigenvalue weighted by molar-refractivity contribution is 6.46. The molecule has 0 atom stereocenters. The van der Waals surface area contributed by atoms with E-state index in [4.69, 9.17) is 4.42 Å². The monoisotopic (exact) mass is 492 g/mol. The van der Waals surface area contributed by atoms with Gasteiger partial charge in [0.25, 0.3) is 11.8 Å². The Balaban J connectivity index is 1.57. The van der Waals surface area contributed by atoms with Crippen molar-refractivity contribution in [3.8, 4) is 11.3 Å². The highest BCUT2D eigenvalue weighted by atomic mass is 16.4. The maximum absolute atomic E-state index is 13.4. The molecule has 0 saturated carbocycles. The topological polar surface area (TPSA) is 108 Å². The summed E-state index contributed by atoms with van der Waals surface area (Å²) in [5, 5.41) is 9.42. The van der Waals surface area contributed by atoms with Gasteiger partial charge in [0.1, 0.15) is 17.1 Å². The number of carboxylic acids is 1. The molecular formula is C29H20N2O6. The molecule has 0 bridgehead atoms. The van der Waals surface area contributed by atoms with Gasteiger partial charge in [-0.25, -0.2) is 19.4 Å². The Hall–Kier alpha value is -5.24. The fourth-order valence-corrected chi connectivity index (χ4v) is 4.07. The van der Waals surface area contributed by atoms with Crippen molar-refractivity contribution in [2.75, 3.05) is 9.80 Å². The van der Waals surface area contributed by atoms with E-state index in [-0.39, 0.29) is 16.9 Å². The summed E-state index contributed by atoms with van der Waals surface area (Å²) in [7, 11) is 0.